The monoisotopic (exact) mass is 312 g/mol. The number of aryl methyl sites for hydroxylation is 2. The van der Waals surface area contributed by atoms with Crippen molar-refractivity contribution in [2.75, 3.05) is 0 Å². The molecule has 0 saturated carbocycles. The summed E-state index contributed by atoms with van der Waals surface area (Å²) in [4.78, 5) is 29.8. The topological polar surface area (TPSA) is 66.8 Å². The summed E-state index contributed by atoms with van der Waals surface area (Å²) >= 11 is 0. The molecule has 6 heteroatoms. The van der Waals surface area contributed by atoms with Gasteiger partial charge in [-0.05, 0) is 48.6 Å². The molecule has 22 heavy (non-hydrogen) atoms. The molecule has 0 aliphatic carbocycles. The third-order valence-corrected chi connectivity index (χ3v) is 3.73. The summed E-state index contributed by atoms with van der Waals surface area (Å²) in [5, 5.41) is 0. The predicted octanol–water partition coefficient (Wildman–Crippen LogP) is 3.00. The fourth-order valence-corrected chi connectivity index (χ4v) is 2.91. The van der Waals surface area contributed by atoms with Gasteiger partial charge < -0.3 is 14.3 Å². The molecule has 0 aliphatic rings. The minimum atomic E-state index is -2.71. The summed E-state index contributed by atoms with van der Waals surface area (Å²) in [6.45, 7) is 5.64. The van der Waals surface area contributed by atoms with Crippen molar-refractivity contribution in [3.63, 3.8) is 0 Å². The van der Waals surface area contributed by atoms with Crippen LogP contribution in [0.5, 0.6) is 0 Å². The second kappa shape index (κ2) is 7.92. The van der Waals surface area contributed by atoms with Crippen LogP contribution < -0.4 is 0 Å². The van der Waals surface area contributed by atoms with Crippen LogP contribution in [0.15, 0.2) is 36.4 Å². The van der Waals surface area contributed by atoms with Crippen molar-refractivity contribution in [3.8, 4) is 11.1 Å². The number of carbonyl (C=O) groups excluding carboxylic acids is 1. The second-order valence-electron chi connectivity index (χ2n) is 4.88. The van der Waals surface area contributed by atoms with E-state index >= 15 is 0 Å². The number of rotatable bonds is 3. The standard InChI is InChI=1S/C16H17O4P.Li.H/c1-10-9-11(2)15(16(17)20-21(18)19)12(3)14(10)13-7-5-4-6-8-13;;/h4-9,18-19H,1-3H3;;. The molecule has 2 rings (SSSR count). The summed E-state index contributed by atoms with van der Waals surface area (Å²) in [7, 11) is -2.71. The Kier molecular flexibility index (Phi) is 6.81. The van der Waals surface area contributed by atoms with Crippen LogP contribution in [-0.2, 0) is 4.52 Å². The molecule has 0 unspecified atom stereocenters. The Morgan fingerprint density at radius 2 is 1.64 bits per heavy atom. The van der Waals surface area contributed by atoms with Gasteiger partial charge in [-0.3, -0.25) is 0 Å². The quantitative estimate of drug-likeness (QED) is 0.675. The molecule has 0 aromatic heterocycles. The first-order valence-electron chi connectivity index (χ1n) is 6.48. The van der Waals surface area contributed by atoms with Crippen molar-refractivity contribution in [2.45, 2.75) is 20.8 Å². The fourth-order valence-electron chi connectivity index (χ4n) is 2.67. The maximum atomic E-state index is 12.1. The number of hydrogen-bond acceptors (Lipinski definition) is 4. The van der Waals surface area contributed by atoms with Crippen molar-refractivity contribution < 1.29 is 19.1 Å². The summed E-state index contributed by atoms with van der Waals surface area (Å²) in [5.74, 6) is -0.710. The van der Waals surface area contributed by atoms with E-state index in [1.807, 2.05) is 57.2 Å². The number of benzene rings is 2. The van der Waals surface area contributed by atoms with E-state index in [0.717, 1.165) is 27.8 Å². The maximum absolute atomic E-state index is 12.1. The molecule has 0 heterocycles. The third-order valence-electron chi connectivity index (χ3n) is 3.40. The Morgan fingerprint density at radius 3 is 2.18 bits per heavy atom. The zero-order valence-corrected chi connectivity index (χ0v) is 13.0. The van der Waals surface area contributed by atoms with Crippen LogP contribution in [0.4, 0.5) is 0 Å². The molecule has 112 valence electrons. The zero-order valence-electron chi connectivity index (χ0n) is 12.1. The van der Waals surface area contributed by atoms with Crippen molar-refractivity contribution in [1.29, 1.82) is 0 Å². The molecule has 2 aromatic carbocycles. The Bertz CT molecular complexity index is 672. The molecule has 0 aliphatic heterocycles. The fraction of sp³-hybridized carbons (Fsp3) is 0.188. The van der Waals surface area contributed by atoms with E-state index in [2.05, 4.69) is 4.52 Å². The Labute approximate surface area is 143 Å². The van der Waals surface area contributed by atoms with Crippen LogP contribution in [0.25, 0.3) is 11.1 Å². The zero-order chi connectivity index (χ0) is 15.6. The average molecular weight is 312 g/mol. The van der Waals surface area contributed by atoms with E-state index in [1.165, 1.54) is 0 Å². The molecular weight excluding hydrogens is 294 g/mol. The summed E-state index contributed by atoms with van der Waals surface area (Å²) in [5.41, 5.74) is 4.95. The molecule has 0 saturated heterocycles. The van der Waals surface area contributed by atoms with Gasteiger partial charge >= 0.3 is 33.4 Å². The van der Waals surface area contributed by atoms with Crippen LogP contribution in [-0.4, -0.2) is 34.6 Å². The Hall–Kier alpha value is -1.14. The van der Waals surface area contributed by atoms with Crippen LogP contribution in [0, 0.1) is 20.8 Å². The van der Waals surface area contributed by atoms with E-state index in [1.54, 1.807) is 0 Å². The van der Waals surface area contributed by atoms with E-state index < -0.39 is 14.6 Å². The first-order chi connectivity index (χ1) is 9.91. The van der Waals surface area contributed by atoms with Gasteiger partial charge in [-0.25, -0.2) is 4.79 Å². The van der Waals surface area contributed by atoms with Gasteiger partial charge in [0.2, 0.25) is 0 Å². The first kappa shape index (κ1) is 18.9. The van der Waals surface area contributed by atoms with Gasteiger partial charge in [0, 0.05) is 0 Å². The van der Waals surface area contributed by atoms with E-state index in [0.29, 0.717) is 5.56 Å². The predicted molar refractivity (Wildman–Crippen MR) is 90.0 cm³/mol. The average Bonchev–Trinajstić information content (AvgIpc) is 2.38. The van der Waals surface area contributed by atoms with E-state index in [-0.39, 0.29) is 18.9 Å². The summed E-state index contributed by atoms with van der Waals surface area (Å²) in [6.07, 6.45) is 0. The molecule has 0 radical (unpaired) electrons. The van der Waals surface area contributed by atoms with Crippen molar-refractivity contribution in [1.82, 2.24) is 0 Å². The number of carbonyl (C=O) groups is 1. The van der Waals surface area contributed by atoms with Gasteiger partial charge in [0.05, 0.1) is 5.56 Å². The Balaban J connectivity index is 0.00000242. The molecule has 4 nitrogen and oxygen atoms in total. The van der Waals surface area contributed by atoms with Gasteiger partial charge in [-0.2, -0.15) is 0 Å². The van der Waals surface area contributed by atoms with Gasteiger partial charge in [-0.15, -0.1) is 0 Å². The van der Waals surface area contributed by atoms with Gasteiger partial charge in [-0.1, -0.05) is 36.4 Å². The van der Waals surface area contributed by atoms with Crippen molar-refractivity contribution in [2.24, 2.45) is 0 Å². The molecule has 0 amide bonds. The SMILES string of the molecule is Cc1cc(C)c(-c2ccccc2)c(C)c1C(=O)OP(O)O.[LiH]. The first-order valence-corrected chi connectivity index (χ1v) is 7.64. The van der Waals surface area contributed by atoms with Crippen molar-refractivity contribution in [3.05, 3.63) is 58.7 Å². The molecular formula is C16H18LiO4P. The summed E-state index contributed by atoms with van der Waals surface area (Å²) in [6, 6.07) is 11.7. The van der Waals surface area contributed by atoms with Crippen molar-refractivity contribution >= 4 is 33.4 Å². The second-order valence-corrected chi connectivity index (χ2v) is 5.57. The molecule has 0 atom stereocenters. The summed E-state index contributed by atoms with van der Waals surface area (Å²) < 4.78 is 4.57. The molecule has 0 spiro atoms. The molecule has 2 N–H and O–H groups in total. The molecule has 0 fully saturated rings. The van der Waals surface area contributed by atoms with Crippen LogP contribution >= 0.6 is 8.60 Å². The molecule has 2 aromatic rings. The normalized spacial score (nSPS) is 10.3. The van der Waals surface area contributed by atoms with Crippen LogP contribution in [0.3, 0.4) is 0 Å². The van der Waals surface area contributed by atoms with E-state index in [9.17, 15) is 4.79 Å². The third kappa shape index (κ3) is 3.98. The van der Waals surface area contributed by atoms with Gasteiger partial charge in [0.15, 0.2) is 0 Å². The minimum absolute atomic E-state index is 0. The molecule has 0 bridgehead atoms. The van der Waals surface area contributed by atoms with Gasteiger partial charge in [0.25, 0.3) is 0 Å². The Morgan fingerprint density at radius 1 is 1.05 bits per heavy atom. The van der Waals surface area contributed by atoms with Gasteiger partial charge in [0.1, 0.15) is 0 Å². The van der Waals surface area contributed by atoms with E-state index in [4.69, 9.17) is 9.79 Å². The number of hydrogen-bond donors (Lipinski definition) is 2. The van der Waals surface area contributed by atoms with Crippen LogP contribution in [0.1, 0.15) is 27.0 Å². The van der Waals surface area contributed by atoms with Crippen LogP contribution in [0.2, 0.25) is 0 Å².